The maximum absolute atomic E-state index is 11.8. The summed E-state index contributed by atoms with van der Waals surface area (Å²) in [4.78, 5) is 19.9. The van der Waals surface area contributed by atoms with E-state index in [1.165, 1.54) is 12.4 Å². The lowest BCUT2D eigenvalue weighted by atomic mass is 10.1. The topological polar surface area (TPSA) is 147 Å². The number of nitrogens with zero attached hydrogens (tertiary/aromatic N) is 4. The molecule has 11 nitrogen and oxygen atoms in total. The minimum Gasteiger partial charge on any atom is -0.496 e. The fraction of sp³-hybridized carbons (Fsp3) is 0.348. The van der Waals surface area contributed by atoms with Crippen molar-refractivity contribution in [3.05, 3.63) is 40.8 Å². The molecular weight excluding hydrogens is 518 g/mol. The molecule has 0 fully saturated rings. The number of hydrogen-bond donors (Lipinski definition) is 3. The highest BCUT2D eigenvalue weighted by Crippen LogP contribution is 2.41. The first-order chi connectivity index (χ1) is 16.7. The smallest absolute Gasteiger partial charge is 0.407 e. The van der Waals surface area contributed by atoms with Gasteiger partial charge < -0.3 is 24.8 Å². The third-order valence-corrected chi connectivity index (χ3v) is 4.83. The summed E-state index contributed by atoms with van der Waals surface area (Å²) in [7, 11) is 1.57. The number of carbonyl (C=O) groups is 1. The van der Waals surface area contributed by atoms with Gasteiger partial charge in [0.05, 0.1) is 37.4 Å². The maximum atomic E-state index is 11.8. The number of rotatable bonds is 9. The zero-order chi connectivity index (χ0) is 25.4. The molecule has 0 saturated carbocycles. The Morgan fingerprint density at radius 2 is 1.94 bits per heavy atom. The molecule has 1 amide bonds. The fourth-order valence-electron chi connectivity index (χ4n) is 2.95. The van der Waals surface area contributed by atoms with Crippen LogP contribution >= 0.6 is 15.9 Å². The first-order valence-corrected chi connectivity index (χ1v) is 11.5. The van der Waals surface area contributed by atoms with Gasteiger partial charge in [-0.15, -0.1) is 0 Å². The number of ether oxygens (including phenoxy) is 3. The van der Waals surface area contributed by atoms with Crippen LogP contribution in [0.1, 0.15) is 32.9 Å². The second kappa shape index (κ2) is 11.5. The van der Waals surface area contributed by atoms with Crippen LogP contribution in [-0.4, -0.2) is 52.1 Å². The van der Waals surface area contributed by atoms with E-state index >= 15 is 0 Å². The zero-order valence-corrected chi connectivity index (χ0v) is 21.4. The van der Waals surface area contributed by atoms with Gasteiger partial charge in [-0.3, -0.25) is 5.10 Å². The lowest BCUT2D eigenvalue weighted by Crippen LogP contribution is -2.33. The molecule has 2 aromatic heterocycles. The summed E-state index contributed by atoms with van der Waals surface area (Å²) in [5, 5.41) is 21.9. The highest BCUT2D eigenvalue weighted by Gasteiger charge is 2.18. The van der Waals surface area contributed by atoms with Crippen LogP contribution in [0.15, 0.2) is 35.1 Å². The Kier molecular flexibility index (Phi) is 8.48. The van der Waals surface area contributed by atoms with E-state index in [1.54, 1.807) is 13.2 Å². The monoisotopic (exact) mass is 543 g/mol. The molecule has 0 bridgehead atoms. The Morgan fingerprint density at radius 3 is 2.60 bits per heavy atom. The number of aromatic amines is 1. The molecule has 35 heavy (non-hydrogen) atoms. The number of aromatic nitrogens is 4. The lowest BCUT2D eigenvalue weighted by Gasteiger charge is -2.19. The molecule has 12 heteroatoms. The molecule has 0 radical (unpaired) electrons. The minimum absolute atomic E-state index is 0.223. The predicted molar refractivity (Wildman–Crippen MR) is 133 cm³/mol. The number of nitriles is 1. The average Bonchev–Trinajstić information content (AvgIpc) is 3.25. The Bertz CT molecular complexity index is 1200. The molecule has 0 unspecified atom stereocenters. The van der Waals surface area contributed by atoms with Crippen molar-refractivity contribution in [3.8, 4) is 28.8 Å². The molecule has 1 aromatic carbocycles. The molecule has 0 aliphatic carbocycles. The van der Waals surface area contributed by atoms with E-state index in [1.807, 2.05) is 39.0 Å². The number of halogens is 1. The van der Waals surface area contributed by atoms with E-state index in [0.29, 0.717) is 54.0 Å². The third kappa shape index (κ3) is 7.58. The van der Waals surface area contributed by atoms with Gasteiger partial charge in [0.2, 0.25) is 0 Å². The number of benzene rings is 1. The van der Waals surface area contributed by atoms with Gasteiger partial charge in [0.15, 0.2) is 11.5 Å². The summed E-state index contributed by atoms with van der Waals surface area (Å²) in [6.07, 6.45) is 2.93. The van der Waals surface area contributed by atoms with Gasteiger partial charge in [0.1, 0.15) is 29.0 Å². The van der Waals surface area contributed by atoms with Crippen molar-refractivity contribution in [3.63, 3.8) is 0 Å². The number of hydrogen-bond acceptors (Lipinski definition) is 9. The van der Waals surface area contributed by atoms with Crippen LogP contribution in [0.2, 0.25) is 0 Å². The summed E-state index contributed by atoms with van der Waals surface area (Å²) < 4.78 is 17.6. The standard InChI is InChI=1S/C23H26BrN7O4/c1-23(2,3)35-22(32)26-6-5-7-34-18-9-14(24)8-17(33-4)21(18)16-10-19(31-30-16)29-20-13-27-15(11-25)12-28-20/h8-10,12-13H,5-7H2,1-4H3,(H,26,32)(H2,28,29,30,31). The Labute approximate surface area is 211 Å². The van der Waals surface area contributed by atoms with Crippen LogP contribution < -0.4 is 20.1 Å². The van der Waals surface area contributed by atoms with Crippen molar-refractivity contribution < 1.29 is 19.0 Å². The van der Waals surface area contributed by atoms with Crippen LogP contribution in [0, 0.1) is 11.3 Å². The molecule has 0 atom stereocenters. The summed E-state index contributed by atoms with van der Waals surface area (Å²) in [6, 6.07) is 7.36. The predicted octanol–water partition coefficient (Wildman–Crippen LogP) is 4.55. The van der Waals surface area contributed by atoms with E-state index in [9.17, 15) is 4.79 Å². The summed E-state index contributed by atoms with van der Waals surface area (Å²) in [5.41, 5.74) is 1.01. The van der Waals surface area contributed by atoms with Gasteiger partial charge in [0, 0.05) is 17.1 Å². The van der Waals surface area contributed by atoms with Crippen molar-refractivity contribution in [2.24, 2.45) is 0 Å². The van der Waals surface area contributed by atoms with E-state index in [4.69, 9.17) is 19.5 Å². The molecule has 0 spiro atoms. The minimum atomic E-state index is -0.549. The Morgan fingerprint density at radius 1 is 1.17 bits per heavy atom. The molecular formula is C23H26BrN7O4. The number of amides is 1. The van der Waals surface area contributed by atoms with Crippen LogP contribution in [0.3, 0.4) is 0 Å². The molecule has 184 valence electrons. The number of anilines is 2. The zero-order valence-electron chi connectivity index (χ0n) is 19.8. The number of H-pyrrole nitrogens is 1. The molecule has 0 aliphatic rings. The molecule has 3 N–H and O–H groups in total. The maximum Gasteiger partial charge on any atom is 0.407 e. The van der Waals surface area contributed by atoms with Gasteiger partial charge in [-0.25, -0.2) is 14.8 Å². The third-order valence-electron chi connectivity index (χ3n) is 4.37. The van der Waals surface area contributed by atoms with Crippen molar-refractivity contribution >= 4 is 33.7 Å². The van der Waals surface area contributed by atoms with E-state index in [2.05, 4.69) is 46.7 Å². The average molecular weight is 544 g/mol. The lowest BCUT2D eigenvalue weighted by molar-refractivity contribution is 0.0525. The second-order valence-electron chi connectivity index (χ2n) is 8.30. The molecule has 3 rings (SSSR count). The van der Waals surface area contributed by atoms with Gasteiger partial charge in [-0.2, -0.15) is 10.4 Å². The van der Waals surface area contributed by atoms with Crippen molar-refractivity contribution in [2.45, 2.75) is 32.8 Å². The summed E-state index contributed by atoms with van der Waals surface area (Å²) in [5.74, 6) is 2.09. The molecule has 0 saturated heterocycles. The number of alkyl carbamates (subject to hydrolysis) is 1. The number of carbonyl (C=O) groups excluding carboxylic acids is 1. The fourth-order valence-corrected chi connectivity index (χ4v) is 3.37. The first-order valence-electron chi connectivity index (χ1n) is 10.7. The first kappa shape index (κ1) is 25.8. The van der Waals surface area contributed by atoms with Gasteiger partial charge in [0.25, 0.3) is 0 Å². The largest absolute Gasteiger partial charge is 0.496 e. The Balaban J connectivity index is 1.69. The van der Waals surface area contributed by atoms with Gasteiger partial charge in [-0.1, -0.05) is 15.9 Å². The van der Waals surface area contributed by atoms with E-state index < -0.39 is 11.7 Å². The molecule has 2 heterocycles. The molecule has 0 aliphatic heterocycles. The second-order valence-corrected chi connectivity index (χ2v) is 9.22. The van der Waals surface area contributed by atoms with Crippen molar-refractivity contribution in [1.29, 1.82) is 5.26 Å². The highest BCUT2D eigenvalue weighted by atomic mass is 79.9. The van der Waals surface area contributed by atoms with Gasteiger partial charge >= 0.3 is 6.09 Å². The Hall–Kier alpha value is -3.85. The van der Waals surface area contributed by atoms with Gasteiger partial charge in [-0.05, 0) is 39.3 Å². The SMILES string of the molecule is COc1cc(Br)cc(OCCCNC(=O)OC(C)(C)C)c1-c1cc(Nc2cnc(C#N)cn2)n[nH]1. The number of nitrogens with one attached hydrogen (secondary N) is 3. The quantitative estimate of drug-likeness (QED) is 0.330. The number of methoxy groups -OCH3 is 1. The summed E-state index contributed by atoms with van der Waals surface area (Å²) >= 11 is 3.48. The van der Waals surface area contributed by atoms with E-state index in [-0.39, 0.29) is 5.69 Å². The van der Waals surface area contributed by atoms with Crippen LogP contribution in [0.25, 0.3) is 11.3 Å². The summed E-state index contributed by atoms with van der Waals surface area (Å²) in [6.45, 7) is 6.19. The van der Waals surface area contributed by atoms with Crippen LogP contribution in [0.5, 0.6) is 11.5 Å². The van der Waals surface area contributed by atoms with Crippen molar-refractivity contribution in [2.75, 3.05) is 25.6 Å². The normalized spacial score (nSPS) is 10.9. The van der Waals surface area contributed by atoms with Crippen LogP contribution in [-0.2, 0) is 4.74 Å². The van der Waals surface area contributed by atoms with Crippen LogP contribution in [0.4, 0.5) is 16.4 Å². The van der Waals surface area contributed by atoms with Crippen molar-refractivity contribution in [1.82, 2.24) is 25.5 Å². The molecule has 3 aromatic rings. The van der Waals surface area contributed by atoms with E-state index in [0.717, 1.165) is 4.47 Å². The highest BCUT2D eigenvalue weighted by molar-refractivity contribution is 9.10.